The maximum absolute atomic E-state index is 13.0. The minimum atomic E-state index is -4.76. The summed E-state index contributed by atoms with van der Waals surface area (Å²) in [6.07, 6.45) is 67.3. The van der Waals surface area contributed by atoms with E-state index in [1.165, 1.54) is 141 Å². The molecule has 0 aliphatic heterocycles. The number of hydrogen-bond acceptors (Lipinski definition) is 10. The second kappa shape index (κ2) is 60.3. The van der Waals surface area contributed by atoms with Crippen LogP contribution in [-0.2, 0) is 42.2 Å². The topological polar surface area (TPSA) is 155 Å². The molecular weight excluding hydrogens is 1000 g/mol. The van der Waals surface area contributed by atoms with E-state index in [2.05, 4.69) is 81.5 Å². The van der Waals surface area contributed by atoms with Crippen molar-refractivity contribution in [3.63, 3.8) is 0 Å². The third-order valence-corrected chi connectivity index (χ3v) is 14.9. The van der Waals surface area contributed by atoms with Gasteiger partial charge in [-0.15, -0.1) is 0 Å². The van der Waals surface area contributed by atoms with E-state index in [1.807, 2.05) is 0 Å². The van der Waals surface area contributed by atoms with Crippen molar-refractivity contribution in [3.8, 4) is 0 Å². The summed E-state index contributed by atoms with van der Waals surface area (Å²) < 4.78 is 39.7. The van der Waals surface area contributed by atoms with E-state index in [0.29, 0.717) is 19.3 Å². The predicted molar refractivity (Wildman–Crippen MR) is 325 cm³/mol. The Morgan fingerprint density at radius 3 is 0.987 bits per heavy atom. The van der Waals surface area contributed by atoms with Crippen LogP contribution in [0.5, 0.6) is 0 Å². The number of aliphatic hydroxyl groups excluding tert-OH is 1. The third-order valence-electron chi connectivity index (χ3n) is 13.9. The highest BCUT2D eigenvalue weighted by Crippen LogP contribution is 2.43. The molecule has 2 N–H and O–H groups in total. The third kappa shape index (κ3) is 57.9. The second-order valence-electron chi connectivity index (χ2n) is 21.6. The van der Waals surface area contributed by atoms with Crippen LogP contribution in [-0.4, -0.2) is 66.5 Å². The lowest BCUT2D eigenvalue weighted by molar-refractivity contribution is -0.161. The van der Waals surface area contributed by atoms with E-state index in [-0.39, 0.29) is 25.9 Å². The quantitative estimate of drug-likeness (QED) is 0.0197. The molecule has 0 amide bonds. The number of phosphoric ester groups is 1. The second-order valence-corrected chi connectivity index (χ2v) is 23.0. The molecule has 0 saturated carbocycles. The van der Waals surface area contributed by atoms with E-state index in [4.69, 9.17) is 23.3 Å². The Kier molecular flexibility index (Phi) is 58.1. The molecule has 11 nitrogen and oxygen atoms in total. The van der Waals surface area contributed by atoms with Gasteiger partial charge >= 0.3 is 25.7 Å². The zero-order valence-corrected chi connectivity index (χ0v) is 51.3. The lowest BCUT2D eigenvalue weighted by Gasteiger charge is -2.21. The van der Waals surface area contributed by atoms with Crippen molar-refractivity contribution in [1.82, 2.24) is 0 Å². The van der Waals surface area contributed by atoms with Crippen LogP contribution in [0.4, 0.5) is 0 Å². The summed E-state index contributed by atoms with van der Waals surface area (Å²) >= 11 is 0. The van der Waals surface area contributed by atoms with Gasteiger partial charge in [0.1, 0.15) is 12.7 Å². The standard InChI is InChI=1S/C66H119O11P/c1-4-7-10-13-16-19-22-25-28-30-31-33-36-39-42-45-48-51-54-57-66(70)77-63(59-73-64(68)55-52-49-46-43-40-37-35-32-29-26-23-20-17-14-11-8-5-2)61-75-78(71,72)74-60-62(58-67)76-65(69)56-53-50-47-44-41-38-34-27-24-21-18-15-12-9-6-3/h16-17,19-20,25-26,28-29,31,33,62-63,67H,4-15,18,21-24,27,30,32,34-61H2,1-3H3,(H,71,72)/b19-16-,20-17-,28-25-,29-26-,33-31-. The van der Waals surface area contributed by atoms with Crippen LogP contribution < -0.4 is 0 Å². The van der Waals surface area contributed by atoms with Gasteiger partial charge in [-0.05, 0) is 89.9 Å². The molecule has 12 heteroatoms. The van der Waals surface area contributed by atoms with Gasteiger partial charge in [-0.25, -0.2) is 4.57 Å². The van der Waals surface area contributed by atoms with Gasteiger partial charge in [0.15, 0.2) is 6.10 Å². The maximum atomic E-state index is 13.0. The number of allylic oxidation sites excluding steroid dienone is 10. The van der Waals surface area contributed by atoms with Crippen LogP contribution in [0, 0.1) is 0 Å². The van der Waals surface area contributed by atoms with Crippen LogP contribution in [0.1, 0.15) is 303 Å². The summed E-state index contributed by atoms with van der Waals surface area (Å²) in [4.78, 5) is 48.7. The zero-order chi connectivity index (χ0) is 56.9. The first-order valence-electron chi connectivity index (χ1n) is 32.2. The average Bonchev–Trinajstić information content (AvgIpc) is 3.43. The van der Waals surface area contributed by atoms with Crippen molar-refractivity contribution < 1.29 is 52.2 Å². The normalized spacial score (nSPS) is 13.7. The molecule has 0 saturated heterocycles. The Balaban J connectivity index is 4.72. The largest absolute Gasteiger partial charge is 0.472 e. The molecule has 0 aliphatic carbocycles. The summed E-state index contributed by atoms with van der Waals surface area (Å²) in [5.74, 6) is -1.47. The number of unbranched alkanes of at least 4 members (excludes halogenated alkanes) is 33. The summed E-state index contributed by atoms with van der Waals surface area (Å²) in [6.45, 7) is 4.62. The molecule has 0 rings (SSSR count). The number of ether oxygens (including phenoxy) is 3. The monoisotopic (exact) mass is 1120 g/mol. The minimum Gasteiger partial charge on any atom is -0.462 e. The first-order chi connectivity index (χ1) is 38.2. The molecule has 0 bridgehead atoms. The number of carbonyl (C=O) groups is 3. The van der Waals surface area contributed by atoms with Crippen LogP contribution in [0.15, 0.2) is 60.8 Å². The molecule has 0 aromatic carbocycles. The Morgan fingerprint density at radius 1 is 0.359 bits per heavy atom. The molecule has 78 heavy (non-hydrogen) atoms. The minimum absolute atomic E-state index is 0.152. The van der Waals surface area contributed by atoms with Crippen LogP contribution in [0.2, 0.25) is 0 Å². The zero-order valence-electron chi connectivity index (χ0n) is 50.4. The lowest BCUT2D eigenvalue weighted by atomic mass is 10.0. The molecule has 0 aromatic rings. The van der Waals surface area contributed by atoms with Gasteiger partial charge in [-0.2, -0.15) is 0 Å². The highest BCUT2D eigenvalue weighted by atomic mass is 31.2. The summed E-state index contributed by atoms with van der Waals surface area (Å²) in [5, 5.41) is 9.85. The van der Waals surface area contributed by atoms with Crippen LogP contribution in [0.25, 0.3) is 0 Å². The number of hydrogen-bond donors (Lipinski definition) is 2. The smallest absolute Gasteiger partial charge is 0.462 e. The first-order valence-corrected chi connectivity index (χ1v) is 33.7. The van der Waals surface area contributed by atoms with Gasteiger partial charge < -0.3 is 24.2 Å². The molecule has 0 fully saturated rings. The van der Waals surface area contributed by atoms with Gasteiger partial charge in [0.05, 0.1) is 19.8 Å². The van der Waals surface area contributed by atoms with Crippen LogP contribution in [0.3, 0.4) is 0 Å². The number of esters is 3. The van der Waals surface area contributed by atoms with E-state index in [9.17, 15) is 28.9 Å². The van der Waals surface area contributed by atoms with Crippen molar-refractivity contribution in [2.75, 3.05) is 26.4 Å². The first kappa shape index (κ1) is 75.2. The van der Waals surface area contributed by atoms with E-state index < -0.39 is 57.8 Å². The fraction of sp³-hybridized carbons (Fsp3) is 0.803. The maximum Gasteiger partial charge on any atom is 0.472 e. The molecular formula is C66H119O11P. The number of phosphoric acid groups is 1. The van der Waals surface area contributed by atoms with Crippen LogP contribution >= 0.6 is 7.82 Å². The predicted octanol–water partition coefficient (Wildman–Crippen LogP) is 19.5. The van der Waals surface area contributed by atoms with Gasteiger partial charge in [-0.3, -0.25) is 23.4 Å². The molecule has 0 aliphatic rings. The fourth-order valence-electron chi connectivity index (χ4n) is 8.98. The average molecular weight is 1120 g/mol. The molecule has 0 radical (unpaired) electrons. The summed E-state index contributed by atoms with van der Waals surface area (Å²) in [7, 11) is -4.76. The van der Waals surface area contributed by atoms with Crippen molar-refractivity contribution in [2.24, 2.45) is 0 Å². The SMILES string of the molecule is CCCCC/C=C\C/C=C\C/C=C\CCCCCCCCC(=O)OC(COC(=O)CCCCCCCCC/C=C\C/C=C\CCCCC)COP(=O)(O)OCC(CO)OC(=O)CCCCCCCCCCCCCCCCC. The van der Waals surface area contributed by atoms with E-state index in [0.717, 1.165) is 103 Å². The lowest BCUT2D eigenvalue weighted by Crippen LogP contribution is -2.30. The Bertz CT molecular complexity index is 1540. The highest BCUT2D eigenvalue weighted by molar-refractivity contribution is 7.47. The van der Waals surface area contributed by atoms with Gasteiger partial charge in [0.2, 0.25) is 0 Å². The molecule has 3 unspecified atom stereocenters. The summed E-state index contributed by atoms with van der Waals surface area (Å²) in [5.41, 5.74) is 0. The van der Waals surface area contributed by atoms with Gasteiger partial charge in [0.25, 0.3) is 0 Å². The Morgan fingerprint density at radius 2 is 0.628 bits per heavy atom. The number of aliphatic hydroxyl groups is 1. The molecule has 0 aromatic heterocycles. The van der Waals surface area contributed by atoms with Gasteiger partial charge in [0, 0.05) is 19.3 Å². The van der Waals surface area contributed by atoms with E-state index >= 15 is 0 Å². The highest BCUT2D eigenvalue weighted by Gasteiger charge is 2.28. The Labute approximate surface area is 478 Å². The molecule has 0 spiro atoms. The summed E-state index contributed by atoms with van der Waals surface area (Å²) in [6, 6.07) is 0. The number of rotatable bonds is 60. The van der Waals surface area contributed by atoms with E-state index in [1.54, 1.807) is 0 Å². The van der Waals surface area contributed by atoms with Crippen molar-refractivity contribution in [3.05, 3.63) is 60.8 Å². The molecule has 454 valence electrons. The van der Waals surface area contributed by atoms with Gasteiger partial charge in [-0.1, -0.05) is 255 Å². The molecule has 0 heterocycles. The Hall–Kier alpha value is -2.82. The van der Waals surface area contributed by atoms with Crippen molar-refractivity contribution in [2.45, 2.75) is 315 Å². The van der Waals surface area contributed by atoms with Crippen molar-refractivity contribution in [1.29, 1.82) is 0 Å². The fourth-order valence-corrected chi connectivity index (χ4v) is 9.77. The molecule has 3 atom stereocenters. The number of carbonyl (C=O) groups excluding carboxylic acids is 3. The van der Waals surface area contributed by atoms with Crippen molar-refractivity contribution >= 4 is 25.7 Å².